The van der Waals surface area contributed by atoms with Crippen LogP contribution in [0.15, 0.2) is 54.6 Å². The lowest BCUT2D eigenvalue weighted by Gasteiger charge is -2.08. The van der Waals surface area contributed by atoms with Gasteiger partial charge in [0.05, 0.1) is 22.4 Å². The highest BCUT2D eigenvalue weighted by atomic mass is 32.2. The van der Waals surface area contributed by atoms with E-state index >= 15 is 0 Å². The number of nitro groups is 1. The number of fused-ring (bicyclic) bond motifs is 1. The van der Waals surface area contributed by atoms with Gasteiger partial charge in [-0.2, -0.15) is 0 Å². The Morgan fingerprint density at radius 3 is 2.32 bits per heavy atom. The molecule has 3 aromatic rings. The van der Waals surface area contributed by atoms with Crippen molar-refractivity contribution in [1.82, 2.24) is 3.97 Å². The monoisotopic (exact) mass is 316 g/mol. The van der Waals surface area contributed by atoms with Crippen molar-refractivity contribution in [1.29, 1.82) is 0 Å². The summed E-state index contributed by atoms with van der Waals surface area (Å²) in [6, 6.07) is 15.0. The third-order valence-corrected chi connectivity index (χ3v) is 4.41. The number of rotatable bonds is 3. The van der Waals surface area contributed by atoms with Gasteiger partial charge in [-0.05, 0) is 17.7 Å². The van der Waals surface area contributed by atoms with Gasteiger partial charge in [-0.3, -0.25) is 10.1 Å². The highest BCUT2D eigenvalue weighted by Gasteiger charge is 2.19. The minimum Gasteiger partial charge on any atom is -0.258 e. The Labute approximate surface area is 126 Å². The van der Waals surface area contributed by atoms with Crippen molar-refractivity contribution in [2.75, 3.05) is 6.26 Å². The van der Waals surface area contributed by atoms with Gasteiger partial charge in [0, 0.05) is 17.5 Å². The van der Waals surface area contributed by atoms with Crippen molar-refractivity contribution in [3.8, 4) is 11.3 Å². The summed E-state index contributed by atoms with van der Waals surface area (Å²) in [5.41, 5.74) is 1.37. The molecule has 0 spiro atoms. The van der Waals surface area contributed by atoms with Crippen LogP contribution in [0.25, 0.3) is 22.2 Å². The summed E-state index contributed by atoms with van der Waals surface area (Å²) < 4.78 is 25.5. The summed E-state index contributed by atoms with van der Waals surface area (Å²) in [6.07, 6.45) is 1.08. The number of nitro benzene ring substituents is 1. The fourth-order valence-electron chi connectivity index (χ4n) is 2.45. The van der Waals surface area contributed by atoms with Crippen LogP contribution in [-0.4, -0.2) is 23.6 Å². The molecular formula is C15H12N2O4S. The average Bonchev–Trinajstić information content (AvgIpc) is 2.86. The molecule has 0 bridgehead atoms. The van der Waals surface area contributed by atoms with Crippen molar-refractivity contribution in [3.63, 3.8) is 0 Å². The smallest absolute Gasteiger partial charge is 0.258 e. The van der Waals surface area contributed by atoms with Crippen LogP contribution in [-0.2, 0) is 10.0 Å². The van der Waals surface area contributed by atoms with Gasteiger partial charge in [0.15, 0.2) is 0 Å². The second kappa shape index (κ2) is 4.96. The van der Waals surface area contributed by atoms with E-state index in [1.54, 1.807) is 24.3 Å². The minimum absolute atomic E-state index is 0.143. The Bertz CT molecular complexity index is 975. The third-order valence-electron chi connectivity index (χ3n) is 3.36. The van der Waals surface area contributed by atoms with Crippen molar-refractivity contribution >= 4 is 26.6 Å². The van der Waals surface area contributed by atoms with E-state index in [1.807, 2.05) is 18.2 Å². The lowest BCUT2D eigenvalue weighted by Crippen LogP contribution is -2.11. The Balaban J connectivity index is 2.41. The van der Waals surface area contributed by atoms with E-state index in [0.717, 1.165) is 15.8 Å². The average molecular weight is 316 g/mol. The number of hydrogen-bond donors (Lipinski definition) is 0. The zero-order chi connectivity index (χ0) is 15.9. The van der Waals surface area contributed by atoms with Crippen molar-refractivity contribution in [3.05, 3.63) is 64.7 Å². The summed E-state index contributed by atoms with van der Waals surface area (Å²) in [5, 5.41) is 11.6. The van der Waals surface area contributed by atoms with Gasteiger partial charge in [0.25, 0.3) is 5.69 Å². The summed E-state index contributed by atoms with van der Waals surface area (Å²) in [6.45, 7) is 0. The highest BCUT2D eigenvalue weighted by Crippen LogP contribution is 2.31. The quantitative estimate of drug-likeness (QED) is 0.549. The van der Waals surface area contributed by atoms with E-state index < -0.39 is 14.9 Å². The molecule has 3 rings (SSSR count). The summed E-state index contributed by atoms with van der Waals surface area (Å²) in [7, 11) is -3.61. The van der Waals surface area contributed by atoms with Crippen LogP contribution in [0.1, 0.15) is 0 Å². The van der Waals surface area contributed by atoms with E-state index in [-0.39, 0.29) is 5.69 Å². The molecule has 0 unspecified atom stereocenters. The fourth-order valence-corrected chi connectivity index (χ4v) is 3.48. The van der Waals surface area contributed by atoms with Gasteiger partial charge in [-0.1, -0.05) is 30.3 Å². The first-order chi connectivity index (χ1) is 10.4. The maximum Gasteiger partial charge on any atom is 0.271 e. The molecule has 0 aliphatic heterocycles. The van der Waals surface area contributed by atoms with E-state index in [2.05, 4.69) is 0 Å². The lowest BCUT2D eigenvalue weighted by atomic mass is 10.1. The first-order valence-electron chi connectivity index (χ1n) is 6.44. The van der Waals surface area contributed by atoms with Gasteiger partial charge >= 0.3 is 0 Å². The molecule has 0 saturated heterocycles. The molecule has 112 valence electrons. The van der Waals surface area contributed by atoms with Gasteiger partial charge in [0.1, 0.15) is 0 Å². The maximum atomic E-state index is 12.2. The molecule has 0 N–H and O–H groups in total. The number of nitrogens with zero attached hydrogens (tertiary/aromatic N) is 2. The minimum atomic E-state index is -3.61. The van der Waals surface area contributed by atoms with Gasteiger partial charge in [-0.25, -0.2) is 12.4 Å². The topological polar surface area (TPSA) is 82.2 Å². The van der Waals surface area contributed by atoms with Crippen molar-refractivity contribution in [2.45, 2.75) is 0 Å². The molecule has 0 saturated carbocycles. The fraction of sp³-hybridized carbons (Fsp3) is 0.0667. The second-order valence-electron chi connectivity index (χ2n) is 4.92. The Hall–Kier alpha value is -2.67. The molecule has 2 aromatic carbocycles. The van der Waals surface area contributed by atoms with E-state index in [9.17, 15) is 18.5 Å². The molecule has 6 nitrogen and oxygen atoms in total. The molecule has 22 heavy (non-hydrogen) atoms. The number of non-ortho nitro benzene ring substituents is 1. The normalized spacial score (nSPS) is 11.7. The summed E-state index contributed by atoms with van der Waals surface area (Å²) >= 11 is 0. The molecule has 7 heteroatoms. The third kappa shape index (κ3) is 2.35. The molecule has 0 aliphatic rings. The van der Waals surface area contributed by atoms with Crippen molar-refractivity contribution < 1.29 is 13.3 Å². The van der Waals surface area contributed by atoms with E-state index in [4.69, 9.17) is 0 Å². The van der Waals surface area contributed by atoms with Crippen LogP contribution in [0.4, 0.5) is 5.69 Å². The maximum absolute atomic E-state index is 12.2. The zero-order valence-electron chi connectivity index (χ0n) is 11.6. The zero-order valence-corrected chi connectivity index (χ0v) is 12.4. The van der Waals surface area contributed by atoms with E-state index in [1.165, 1.54) is 12.1 Å². The molecule has 0 fully saturated rings. The molecule has 0 atom stereocenters. The van der Waals surface area contributed by atoms with Crippen LogP contribution in [0.3, 0.4) is 0 Å². The van der Waals surface area contributed by atoms with Crippen LogP contribution in [0, 0.1) is 10.1 Å². The standard InChI is InChI=1S/C15H12N2O4S/c1-22(20,21)16-14(11-5-3-2-4-6-11)9-12-7-8-13(17(18)19)10-15(12)16/h2-10H,1H3. The molecule has 0 amide bonds. The molecular weight excluding hydrogens is 304 g/mol. The Morgan fingerprint density at radius 1 is 1.05 bits per heavy atom. The SMILES string of the molecule is CS(=O)(=O)n1c(-c2ccccc2)cc2ccc([N+](=O)[O-])cc21. The second-order valence-corrected chi connectivity index (χ2v) is 6.75. The van der Waals surface area contributed by atoms with Crippen LogP contribution < -0.4 is 0 Å². The summed E-state index contributed by atoms with van der Waals surface area (Å²) in [5.74, 6) is 0. The molecule has 1 heterocycles. The molecule has 1 aromatic heterocycles. The van der Waals surface area contributed by atoms with Gasteiger partial charge < -0.3 is 0 Å². The predicted molar refractivity (Wildman–Crippen MR) is 84.3 cm³/mol. The van der Waals surface area contributed by atoms with Crippen LogP contribution in [0.2, 0.25) is 0 Å². The summed E-state index contributed by atoms with van der Waals surface area (Å²) in [4.78, 5) is 10.4. The Morgan fingerprint density at radius 2 is 1.73 bits per heavy atom. The lowest BCUT2D eigenvalue weighted by molar-refractivity contribution is -0.384. The first-order valence-corrected chi connectivity index (χ1v) is 8.28. The van der Waals surface area contributed by atoms with E-state index in [0.29, 0.717) is 16.6 Å². The predicted octanol–water partition coefficient (Wildman–Crippen LogP) is 3.02. The number of hydrogen-bond acceptors (Lipinski definition) is 4. The molecule has 0 aliphatic carbocycles. The van der Waals surface area contributed by atoms with Crippen LogP contribution >= 0.6 is 0 Å². The van der Waals surface area contributed by atoms with Crippen molar-refractivity contribution in [2.24, 2.45) is 0 Å². The largest absolute Gasteiger partial charge is 0.271 e. The highest BCUT2D eigenvalue weighted by molar-refractivity contribution is 7.89. The number of benzene rings is 2. The van der Waals surface area contributed by atoms with Crippen LogP contribution in [0.5, 0.6) is 0 Å². The number of aromatic nitrogens is 1. The van der Waals surface area contributed by atoms with Gasteiger partial charge in [0.2, 0.25) is 10.0 Å². The molecule has 0 radical (unpaired) electrons. The Kier molecular flexibility index (Phi) is 3.22. The van der Waals surface area contributed by atoms with Gasteiger partial charge in [-0.15, -0.1) is 0 Å². The first kappa shape index (κ1) is 14.3.